The molecule has 2 saturated heterocycles. The number of carbonyl (C=O) groups is 4. The van der Waals surface area contributed by atoms with Gasteiger partial charge in [-0.25, -0.2) is 0 Å². The molecule has 0 aromatic carbocycles. The van der Waals surface area contributed by atoms with Crippen molar-refractivity contribution >= 4 is 36.2 Å². The zero-order chi connectivity index (χ0) is 21.8. The van der Waals surface area contributed by atoms with Gasteiger partial charge in [0, 0.05) is 24.9 Å². The summed E-state index contributed by atoms with van der Waals surface area (Å²) in [6.45, 7) is 3.51. The van der Waals surface area contributed by atoms with Crippen LogP contribution in [-0.2, 0) is 28.7 Å². The third-order valence-electron chi connectivity index (χ3n) is 4.97. The molecule has 0 saturated carbocycles. The number of methoxy groups -OCH3 is 1. The fourth-order valence-corrected chi connectivity index (χ4v) is 3.33. The molecule has 0 aromatic heterocycles. The van der Waals surface area contributed by atoms with Gasteiger partial charge < -0.3 is 31.6 Å². The number of hydrogen-bond acceptors (Lipinski definition) is 8. The van der Waals surface area contributed by atoms with Crippen molar-refractivity contribution in [1.29, 1.82) is 0 Å². The quantitative estimate of drug-likeness (QED) is 0.381. The van der Waals surface area contributed by atoms with Gasteiger partial charge in [0.15, 0.2) is 0 Å². The molecule has 2 aliphatic rings. The van der Waals surface area contributed by atoms with Crippen LogP contribution in [0.25, 0.3) is 0 Å². The molecule has 0 spiro atoms. The lowest BCUT2D eigenvalue weighted by molar-refractivity contribution is -0.145. The summed E-state index contributed by atoms with van der Waals surface area (Å²) in [5.41, 5.74) is 11.2. The molecular formula is C19H35ClN4O6. The first-order valence-electron chi connectivity index (χ1n) is 10.1. The minimum atomic E-state index is -0.686. The van der Waals surface area contributed by atoms with Crippen LogP contribution in [0.3, 0.4) is 0 Å². The number of carbonyl (C=O) groups excluding carboxylic acids is 4. The molecule has 30 heavy (non-hydrogen) atoms. The summed E-state index contributed by atoms with van der Waals surface area (Å²) in [7, 11) is 1.29. The molecule has 2 fully saturated rings. The molecule has 0 radical (unpaired) electrons. The Morgan fingerprint density at radius 3 is 1.77 bits per heavy atom. The van der Waals surface area contributed by atoms with Crippen molar-refractivity contribution in [3.8, 4) is 0 Å². The lowest BCUT2D eigenvalue weighted by atomic mass is 9.92. The average Bonchev–Trinajstić information content (AvgIpc) is 2.71. The number of nitrogens with two attached hydrogens (primary N) is 2. The summed E-state index contributed by atoms with van der Waals surface area (Å²) in [6, 6.07) is -1.37. The van der Waals surface area contributed by atoms with E-state index in [0.29, 0.717) is 19.4 Å². The fourth-order valence-electron chi connectivity index (χ4n) is 3.33. The molecule has 10 nitrogen and oxygen atoms in total. The molecule has 0 aliphatic carbocycles. The third-order valence-corrected chi connectivity index (χ3v) is 4.97. The van der Waals surface area contributed by atoms with Crippen LogP contribution in [0.4, 0.5) is 0 Å². The molecule has 0 bridgehead atoms. The number of amides is 2. The van der Waals surface area contributed by atoms with E-state index in [4.69, 9.17) is 16.2 Å². The lowest BCUT2D eigenvalue weighted by Crippen LogP contribution is -2.42. The van der Waals surface area contributed by atoms with Crippen LogP contribution < -0.4 is 22.1 Å². The van der Waals surface area contributed by atoms with Crippen LogP contribution >= 0.6 is 12.4 Å². The Labute approximate surface area is 183 Å². The molecule has 11 heteroatoms. The van der Waals surface area contributed by atoms with Crippen LogP contribution in [-0.4, -0.2) is 62.6 Å². The Hall–Kier alpha value is -1.91. The summed E-state index contributed by atoms with van der Waals surface area (Å²) >= 11 is 0. The SMILES string of the molecule is CCOC(=O)C(N)CC1CCCNC1=O.COC(=O)C(N)CC1CCCNC1=O.Cl. The normalized spacial score (nSPS) is 22.7. The topological polar surface area (TPSA) is 163 Å². The van der Waals surface area contributed by atoms with Crippen LogP contribution in [0.2, 0.25) is 0 Å². The third kappa shape index (κ3) is 9.73. The van der Waals surface area contributed by atoms with Gasteiger partial charge >= 0.3 is 11.9 Å². The van der Waals surface area contributed by atoms with E-state index in [-0.39, 0.29) is 36.1 Å². The van der Waals surface area contributed by atoms with Crippen molar-refractivity contribution < 1.29 is 28.7 Å². The van der Waals surface area contributed by atoms with Crippen LogP contribution in [0.5, 0.6) is 0 Å². The van der Waals surface area contributed by atoms with Gasteiger partial charge in [-0.2, -0.15) is 0 Å². The molecule has 2 aliphatic heterocycles. The van der Waals surface area contributed by atoms with Crippen molar-refractivity contribution in [2.24, 2.45) is 23.3 Å². The summed E-state index contributed by atoms with van der Waals surface area (Å²) in [5.74, 6) is -1.16. The van der Waals surface area contributed by atoms with Gasteiger partial charge in [0.05, 0.1) is 13.7 Å². The van der Waals surface area contributed by atoms with Crippen LogP contribution in [0, 0.1) is 11.8 Å². The smallest absolute Gasteiger partial charge is 0.322 e. The maximum absolute atomic E-state index is 11.4. The van der Waals surface area contributed by atoms with Crippen LogP contribution in [0.15, 0.2) is 0 Å². The van der Waals surface area contributed by atoms with E-state index in [1.807, 2.05) is 0 Å². The van der Waals surface area contributed by atoms with Crippen LogP contribution in [0.1, 0.15) is 45.4 Å². The Bertz CT molecular complexity index is 577. The van der Waals surface area contributed by atoms with E-state index in [0.717, 1.165) is 38.8 Å². The second-order valence-electron chi connectivity index (χ2n) is 7.22. The lowest BCUT2D eigenvalue weighted by Gasteiger charge is -2.23. The van der Waals surface area contributed by atoms with E-state index in [2.05, 4.69) is 15.4 Å². The molecular weight excluding hydrogens is 416 g/mol. The molecule has 2 rings (SSSR count). The molecule has 2 amide bonds. The zero-order valence-electron chi connectivity index (χ0n) is 17.7. The van der Waals surface area contributed by atoms with Gasteiger partial charge in [-0.15, -0.1) is 12.4 Å². The highest BCUT2D eigenvalue weighted by molar-refractivity contribution is 5.85. The van der Waals surface area contributed by atoms with Gasteiger partial charge in [-0.3, -0.25) is 19.2 Å². The Morgan fingerprint density at radius 2 is 1.40 bits per heavy atom. The summed E-state index contributed by atoms with van der Waals surface area (Å²) in [4.78, 5) is 45.0. The second kappa shape index (κ2) is 15.0. The number of hydrogen-bond donors (Lipinski definition) is 4. The van der Waals surface area contributed by atoms with Gasteiger partial charge in [0.25, 0.3) is 0 Å². The van der Waals surface area contributed by atoms with E-state index < -0.39 is 24.0 Å². The first-order chi connectivity index (χ1) is 13.8. The van der Waals surface area contributed by atoms with Gasteiger partial charge in [-0.1, -0.05) is 0 Å². The highest BCUT2D eigenvalue weighted by Crippen LogP contribution is 2.17. The van der Waals surface area contributed by atoms with Gasteiger partial charge in [-0.05, 0) is 45.4 Å². The summed E-state index contributed by atoms with van der Waals surface area (Å²) in [5, 5.41) is 5.51. The molecule has 0 aromatic rings. The minimum absolute atomic E-state index is 0. The van der Waals surface area contributed by atoms with Crippen molar-refractivity contribution in [1.82, 2.24) is 10.6 Å². The minimum Gasteiger partial charge on any atom is -0.468 e. The standard InChI is InChI=1S/C10H18N2O3.C9H16N2O3.ClH/c1-2-15-10(14)8(11)6-7-4-3-5-12-9(7)13;1-14-9(13)7(10)5-6-3-2-4-11-8(6)12;/h7-8H,2-6,11H2,1H3,(H,12,13);6-7H,2-5,10H2,1H3,(H,11,12);1H. The van der Waals surface area contributed by atoms with Gasteiger partial charge in [0.1, 0.15) is 12.1 Å². The number of rotatable bonds is 7. The largest absolute Gasteiger partial charge is 0.468 e. The Balaban J connectivity index is 0.000000544. The molecule has 4 unspecified atom stereocenters. The average molecular weight is 451 g/mol. The van der Waals surface area contributed by atoms with E-state index in [1.54, 1.807) is 6.92 Å². The molecule has 4 atom stereocenters. The molecule has 6 N–H and O–H groups in total. The van der Waals surface area contributed by atoms with Crippen molar-refractivity contribution in [3.63, 3.8) is 0 Å². The first kappa shape index (κ1) is 28.1. The Morgan fingerprint density at radius 1 is 0.967 bits per heavy atom. The number of ether oxygens (including phenoxy) is 2. The monoisotopic (exact) mass is 450 g/mol. The summed E-state index contributed by atoms with van der Waals surface area (Å²) in [6.07, 6.45) is 4.26. The van der Waals surface area contributed by atoms with Crippen molar-refractivity contribution in [2.75, 3.05) is 26.8 Å². The maximum Gasteiger partial charge on any atom is 0.322 e. The van der Waals surface area contributed by atoms with Crippen molar-refractivity contribution in [2.45, 2.75) is 57.5 Å². The second-order valence-corrected chi connectivity index (χ2v) is 7.22. The highest BCUT2D eigenvalue weighted by Gasteiger charge is 2.28. The predicted molar refractivity (Wildman–Crippen MR) is 113 cm³/mol. The zero-order valence-corrected chi connectivity index (χ0v) is 18.5. The fraction of sp³-hybridized carbons (Fsp3) is 0.789. The highest BCUT2D eigenvalue weighted by atomic mass is 35.5. The molecule has 2 heterocycles. The van der Waals surface area contributed by atoms with E-state index in [9.17, 15) is 19.2 Å². The number of halogens is 1. The van der Waals surface area contributed by atoms with Gasteiger partial charge in [0.2, 0.25) is 11.8 Å². The Kier molecular flexibility index (Phi) is 14.0. The summed E-state index contributed by atoms with van der Waals surface area (Å²) < 4.78 is 9.28. The van der Waals surface area contributed by atoms with Crippen molar-refractivity contribution in [3.05, 3.63) is 0 Å². The number of nitrogens with one attached hydrogen (secondary N) is 2. The number of piperidine rings is 2. The van der Waals surface area contributed by atoms with E-state index >= 15 is 0 Å². The molecule has 174 valence electrons. The number of esters is 2. The maximum atomic E-state index is 11.4. The van der Waals surface area contributed by atoms with E-state index in [1.165, 1.54) is 7.11 Å². The predicted octanol–water partition coefficient (Wildman–Crippen LogP) is -0.382. The first-order valence-corrected chi connectivity index (χ1v) is 10.1.